The number of benzene rings is 1. The molecule has 150 valence electrons. The first-order chi connectivity index (χ1) is 12.4. The zero-order valence-corrected chi connectivity index (χ0v) is 17.7. The minimum absolute atomic E-state index is 0.0655. The number of carbonyl (C=O) groups is 3. The van der Waals surface area contributed by atoms with Crippen molar-refractivity contribution >= 4 is 52.7 Å². The number of halogens is 3. The highest BCUT2D eigenvalue weighted by Crippen LogP contribution is 2.40. The third-order valence-corrected chi connectivity index (χ3v) is 5.80. The highest BCUT2D eigenvalue weighted by atomic mass is 35.5. The summed E-state index contributed by atoms with van der Waals surface area (Å²) in [6.45, 7) is 8.48. The fourth-order valence-corrected chi connectivity index (χ4v) is 2.86. The Morgan fingerprint density at radius 3 is 2.30 bits per heavy atom. The van der Waals surface area contributed by atoms with Crippen LogP contribution in [0, 0.1) is 11.3 Å². The van der Waals surface area contributed by atoms with Gasteiger partial charge in [0.2, 0.25) is 0 Å². The summed E-state index contributed by atoms with van der Waals surface area (Å²) in [6.07, 6.45) is 1.57. The van der Waals surface area contributed by atoms with Crippen LogP contribution in [0.2, 0.25) is 15.1 Å². The van der Waals surface area contributed by atoms with E-state index in [9.17, 15) is 14.4 Å². The fourth-order valence-electron chi connectivity index (χ4n) is 2.14. The molecule has 0 saturated carbocycles. The maximum Gasteiger partial charge on any atom is 0.422 e. The molecule has 0 aliphatic heterocycles. The summed E-state index contributed by atoms with van der Waals surface area (Å²) in [5, 5.41) is 8.14. The van der Waals surface area contributed by atoms with Gasteiger partial charge in [-0.15, -0.1) is 0 Å². The molecular formula is C18H21Cl3O6. The molecule has 0 saturated heterocycles. The van der Waals surface area contributed by atoms with Gasteiger partial charge in [0, 0.05) is 0 Å². The van der Waals surface area contributed by atoms with Crippen molar-refractivity contribution in [1.82, 2.24) is 0 Å². The summed E-state index contributed by atoms with van der Waals surface area (Å²) < 4.78 is 9.91. The van der Waals surface area contributed by atoms with E-state index in [1.165, 1.54) is 0 Å². The maximum atomic E-state index is 12.5. The number of carboxylic acids is 1. The molecule has 9 heteroatoms. The Kier molecular flexibility index (Phi) is 8.39. The van der Waals surface area contributed by atoms with Gasteiger partial charge < -0.3 is 14.6 Å². The quantitative estimate of drug-likeness (QED) is 0.270. The zero-order chi connectivity index (χ0) is 20.9. The largest absolute Gasteiger partial charge is 0.473 e. The number of rotatable bonds is 7. The number of aliphatic carboxylic acids is 1. The van der Waals surface area contributed by atoms with Crippen LogP contribution in [0.5, 0.6) is 5.75 Å². The van der Waals surface area contributed by atoms with Crippen molar-refractivity contribution in [2.75, 3.05) is 6.61 Å². The first-order valence-electron chi connectivity index (χ1n) is 8.22. The normalized spacial score (nSPS) is 12.4. The van der Waals surface area contributed by atoms with E-state index in [1.54, 1.807) is 0 Å². The van der Waals surface area contributed by atoms with Crippen molar-refractivity contribution in [3.05, 3.63) is 26.7 Å². The van der Waals surface area contributed by atoms with E-state index < -0.39 is 29.2 Å². The Morgan fingerprint density at radius 2 is 1.78 bits per heavy atom. The van der Waals surface area contributed by atoms with Crippen molar-refractivity contribution < 1.29 is 29.0 Å². The first kappa shape index (κ1) is 23.5. The molecule has 1 aromatic rings. The molecule has 1 aromatic carbocycles. The van der Waals surface area contributed by atoms with Crippen LogP contribution >= 0.6 is 34.8 Å². The molecule has 0 aliphatic rings. The highest BCUT2D eigenvalue weighted by molar-refractivity contribution is 6.46. The van der Waals surface area contributed by atoms with Gasteiger partial charge in [-0.2, -0.15) is 0 Å². The van der Waals surface area contributed by atoms with Crippen molar-refractivity contribution in [3.8, 4) is 5.75 Å². The predicted octanol–water partition coefficient (Wildman–Crippen LogP) is 5.26. The van der Waals surface area contributed by atoms with Gasteiger partial charge in [0.25, 0.3) is 0 Å². The van der Waals surface area contributed by atoms with Crippen molar-refractivity contribution in [2.45, 2.75) is 40.5 Å². The third-order valence-electron chi connectivity index (χ3n) is 4.73. The number of ether oxygens (including phenoxy) is 2. The van der Waals surface area contributed by atoms with Crippen LogP contribution in [0.1, 0.15) is 50.9 Å². The minimum Gasteiger partial charge on any atom is -0.473 e. The number of hydrogen-bond donors (Lipinski definition) is 1. The molecule has 0 amide bonds. The fraction of sp³-hybridized carbons (Fsp3) is 0.500. The molecule has 27 heavy (non-hydrogen) atoms. The van der Waals surface area contributed by atoms with Gasteiger partial charge in [-0.05, 0) is 23.8 Å². The van der Waals surface area contributed by atoms with Gasteiger partial charge in [0.05, 0.1) is 21.7 Å². The maximum absolute atomic E-state index is 12.5. The number of esters is 2. The Morgan fingerprint density at radius 1 is 1.19 bits per heavy atom. The molecule has 0 spiro atoms. The van der Waals surface area contributed by atoms with E-state index in [-0.39, 0.29) is 33.0 Å². The van der Waals surface area contributed by atoms with Crippen molar-refractivity contribution in [2.24, 2.45) is 11.3 Å². The number of hydrogen-bond acceptors (Lipinski definition) is 5. The van der Waals surface area contributed by atoms with E-state index in [1.807, 2.05) is 0 Å². The van der Waals surface area contributed by atoms with E-state index in [0.717, 1.165) is 12.5 Å². The van der Waals surface area contributed by atoms with Crippen LogP contribution in [0.15, 0.2) is 6.07 Å². The monoisotopic (exact) mass is 438 g/mol. The summed E-state index contributed by atoms with van der Waals surface area (Å²) in [4.78, 5) is 34.6. The van der Waals surface area contributed by atoms with Crippen molar-refractivity contribution in [3.63, 3.8) is 0 Å². The summed E-state index contributed by atoms with van der Waals surface area (Å²) >= 11 is 17.9. The molecule has 1 unspecified atom stereocenters. The van der Waals surface area contributed by atoms with Crippen LogP contribution in [-0.2, 0) is 14.3 Å². The Bertz CT molecular complexity index is 745. The molecular weight excluding hydrogens is 419 g/mol. The van der Waals surface area contributed by atoms with E-state index in [2.05, 4.69) is 32.4 Å². The first-order valence-corrected chi connectivity index (χ1v) is 9.35. The van der Waals surface area contributed by atoms with Gasteiger partial charge in [0.1, 0.15) is 5.56 Å². The lowest BCUT2D eigenvalue weighted by Crippen LogP contribution is -2.23. The number of carbonyl (C=O) groups excluding carboxylic acids is 2. The average molecular weight is 440 g/mol. The Balaban J connectivity index is 3.04. The molecule has 0 fully saturated rings. The molecule has 1 N–H and O–H groups in total. The van der Waals surface area contributed by atoms with Gasteiger partial charge in [-0.25, -0.2) is 14.4 Å². The van der Waals surface area contributed by atoms with E-state index in [4.69, 9.17) is 44.6 Å². The zero-order valence-electron chi connectivity index (χ0n) is 15.4. The van der Waals surface area contributed by atoms with Crippen molar-refractivity contribution in [1.29, 1.82) is 0 Å². The summed E-state index contributed by atoms with van der Waals surface area (Å²) in [7, 11) is 0. The second-order valence-corrected chi connectivity index (χ2v) is 7.91. The molecule has 0 heterocycles. The van der Waals surface area contributed by atoms with Gasteiger partial charge in [-0.3, -0.25) is 0 Å². The smallest absolute Gasteiger partial charge is 0.422 e. The molecule has 0 bridgehead atoms. The standard InChI is InChI=1S/C18H21Cl3O6/c1-5-18(3,4)9(2)6-7-26-16(24)12-13(21)10(19)8-11(20)14(12)27-17(25)15(22)23/h8-9H,5-7H2,1-4H3,(H,22,23). The second kappa shape index (κ2) is 9.62. The van der Waals surface area contributed by atoms with E-state index >= 15 is 0 Å². The molecule has 0 radical (unpaired) electrons. The Hall–Kier alpha value is -1.50. The molecule has 1 rings (SSSR count). The van der Waals surface area contributed by atoms with Gasteiger partial charge >= 0.3 is 17.9 Å². The summed E-state index contributed by atoms with van der Waals surface area (Å²) in [6, 6.07) is 1.14. The molecule has 0 aliphatic carbocycles. The molecule has 0 aromatic heterocycles. The van der Waals surface area contributed by atoms with Crippen LogP contribution in [0.3, 0.4) is 0 Å². The SMILES string of the molecule is CCC(C)(C)C(C)CCOC(=O)c1c(Cl)c(Cl)cc(Cl)c1OC(=O)C(=O)O. The average Bonchev–Trinajstić information content (AvgIpc) is 2.59. The minimum atomic E-state index is -1.85. The van der Waals surface area contributed by atoms with Gasteiger partial charge in [0.15, 0.2) is 5.75 Å². The lowest BCUT2D eigenvalue weighted by molar-refractivity contribution is -0.158. The summed E-state index contributed by atoms with van der Waals surface area (Å²) in [5.41, 5.74) is -0.322. The Labute approximate surface area is 172 Å². The summed E-state index contributed by atoms with van der Waals surface area (Å²) in [5.74, 6) is -4.63. The van der Waals surface area contributed by atoms with Crippen LogP contribution in [-0.4, -0.2) is 29.6 Å². The van der Waals surface area contributed by atoms with Crippen LogP contribution in [0.25, 0.3) is 0 Å². The number of carboxylic acid groups (broad SMARTS) is 1. The topological polar surface area (TPSA) is 89.9 Å². The van der Waals surface area contributed by atoms with Crippen LogP contribution in [0.4, 0.5) is 0 Å². The van der Waals surface area contributed by atoms with Gasteiger partial charge in [-0.1, -0.05) is 68.9 Å². The molecule has 6 nitrogen and oxygen atoms in total. The highest BCUT2D eigenvalue weighted by Gasteiger charge is 2.28. The second-order valence-electron chi connectivity index (χ2n) is 6.72. The third kappa shape index (κ3) is 5.99. The molecule has 1 atom stereocenters. The van der Waals surface area contributed by atoms with Crippen LogP contribution < -0.4 is 4.74 Å². The van der Waals surface area contributed by atoms with E-state index in [0.29, 0.717) is 6.42 Å². The predicted molar refractivity (Wildman–Crippen MR) is 103 cm³/mol. The lowest BCUT2D eigenvalue weighted by atomic mass is 9.76. The lowest BCUT2D eigenvalue weighted by Gasteiger charge is -2.30.